The molecule has 0 bridgehead atoms. The summed E-state index contributed by atoms with van der Waals surface area (Å²) in [6, 6.07) is 54.5. The van der Waals surface area contributed by atoms with Crippen LogP contribution in [0.2, 0.25) is 0 Å². The van der Waals surface area contributed by atoms with E-state index in [1.807, 2.05) is 106 Å². The number of phenolic OH excluding ortho intramolecular Hbond substituents is 1. The molecule has 0 radical (unpaired) electrons. The summed E-state index contributed by atoms with van der Waals surface area (Å²) in [5, 5.41) is 13.1. The molecule has 0 aliphatic rings. The predicted octanol–water partition coefficient (Wildman–Crippen LogP) is 11.8. The largest absolute Gasteiger partial charge is 0.534 e. The van der Waals surface area contributed by atoms with Gasteiger partial charge in [-0.15, -0.1) is 0 Å². The van der Waals surface area contributed by atoms with Gasteiger partial charge in [0, 0.05) is 91.3 Å². The average molecular weight is 1510 g/mol. The molecule has 0 unspecified atom stereocenters. The number of halogens is 7. The Labute approximate surface area is 600 Å². The molecule has 0 aliphatic heterocycles. The van der Waals surface area contributed by atoms with Gasteiger partial charge in [-0.25, -0.2) is 19.8 Å². The van der Waals surface area contributed by atoms with Gasteiger partial charge in [0.05, 0.1) is 51.0 Å². The van der Waals surface area contributed by atoms with E-state index in [0.717, 1.165) is 67.9 Å². The molecule has 0 saturated carbocycles. The van der Waals surface area contributed by atoms with E-state index in [4.69, 9.17) is 23.4 Å². The van der Waals surface area contributed by atoms with Crippen LogP contribution in [0.1, 0.15) is 55.2 Å². The molecule has 13 rings (SSSR count). The Balaban J connectivity index is 0.000000205. The van der Waals surface area contributed by atoms with Gasteiger partial charge in [0.15, 0.2) is 5.69 Å². The summed E-state index contributed by atoms with van der Waals surface area (Å²) in [5.74, 6) is -0.945. The molecular weight excluding hydrogens is 1460 g/mol. The number of carbonyl (C=O) groups excluding carboxylic acids is 3. The lowest BCUT2D eigenvalue weighted by Gasteiger charge is -2.11. The monoisotopic (exact) mass is 1510 g/mol. The number of carbonyl (C=O) groups is 3. The van der Waals surface area contributed by atoms with Gasteiger partial charge in [0.1, 0.15) is 30.5 Å². The molecule has 0 aliphatic carbocycles. The number of amides is 3. The molecular formula is C71H56F7N13O12S3. The van der Waals surface area contributed by atoms with Crippen molar-refractivity contribution < 1.29 is 85.1 Å². The first kappa shape index (κ1) is 80.0. The molecule has 35 heteroatoms. The highest BCUT2D eigenvalue weighted by atomic mass is 32.2. The zero-order valence-corrected chi connectivity index (χ0v) is 56.0. The maximum absolute atomic E-state index is 12.6. The quantitative estimate of drug-likeness (QED) is 0.0185. The second-order valence-electron chi connectivity index (χ2n) is 21.2. The van der Waals surface area contributed by atoms with E-state index < -0.39 is 52.7 Å². The van der Waals surface area contributed by atoms with E-state index in [1.165, 1.54) is 17.0 Å². The number of pyridine rings is 3. The maximum Gasteiger partial charge on any atom is 0.534 e. The van der Waals surface area contributed by atoms with E-state index >= 15 is 0 Å². The Bertz CT molecular complexity index is 5680. The van der Waals surface area contributed by atoms with Gasteiger partial charge in [-0.05, 0) is 137 Å². The van der Waals surface area contributed by atoms with E-state index in [9.17, 15) is 58.6 Å². The molecule has 6 aromatic heterocycles. The number of hydrogen-bond donors (Lipinski definition) is 4. The van der Waals surface area contributed by atoms with Crippen LogP contribution in [0, 0.1) is 6.57 Å². The highest BCUT2D eigenvalue weighted by molar-refractivity contribution is 7.88. The van der Waals surface area contributed by atoms with Crippen LogP contribution >= 0.6 is 0 Å². The number of nitrogens with zero attached hydrogens (tertiary/aromatic N) is 10. The van der Waals surface area contributed by atoms with Crippen LogP contribution in [0.3, 0.4) is 0 Å². The van der Waals surface area contributed by atoms with Gasteiger partial charge in [-0.2, -0.15) is 56.0 Å². The second kappa shape index (κ2) is 37.0. The number of phenols is 1. The standard InChI is InChI=1S/C27H19N5O.C21H15F3N4O4S.C20H16N4O2.2CF2O2S.CH4.H2O/c1-28-23-10-7-20(8-11-23)21-5-2-6-24(14-21)32-18-31-25-15-22(9-12-26(25)32)27(33)30-17-19-4-3-13-29-16-19;22-21(23,24)33(30,31)32-17-5-1-4-16(10-17)28-13-27-18-9-15(6-7-19(18)28)20(29)26-12-14-3-2-8-25-11-14;25-17-5-1-4-16(10-17)24-13-23-18-9-15(6-7-19(18)24)20(26)22-12-14-3-2-8-21-11-14;2*2-1(3)6(4)5;;/h2-16,18H,17H2,(H,30,33);1-11,13H,12H2,(H,26,29);1-11,13,25H,12H2,(H,22,26);;;1H4;1H2. The summed E-state index contributed by atoms with van der Waals surface area (Å²) in [5.41, 5.74) is 7.71. The summed E-state index contributed by atoms with van der Waals surface area (Å²) in [7, 11) is -12.4. The van der Waals surface area contributed by atoms with Crippen molar-refractivity contribution in [2.45, 2.75) is 32.6 Å². The Kier molecular flexibility index (Phi) is 28.0. The van der Waals surface area contributed by atoms with Gasteiger partial charge >= 0.3 is 26.4 Å². The van der Waals surface area contributed by atoms with Crippen molar-refractivity contribution in [1.29, 1.82) is 0 Å². The Morgan fingerprint density at radius 2 is 0.858 bits per heavy atom. The minimum Gasteiger partial charge on any atom is -0.508 e. The summed E-state index contributed by atoms with van der Waals surface area (Å²) in [6.45, 7) is 8.25. The van der Waals surface area contributed by atoms with Crippen molar-refractivity contribution in [3.8, 4) is 39.7 Å². The predicted molar refractivity (Wildman–Crippen MR) is 381 cm³/mol. The molecule has 0 atom stereocenters. The summed E-state index contributed by atoms with van der Waals surface area (Å²) in [4.78, 5) is 66.1. The van der Waals surface area contributed by atoms with Crippen molar-refractivity contribution >= 4 is 98.0 Å². The van der Waals surface area contributed by atoms with Crippen LogP contribution in [0.4, 0.5) is 36.4 Å². The summed E-state index contributed by atoms with van der Waals surface area (Å²) in [6.07, 6.45) is 15.0. The molecule has 3 amide bonds. The van der Waals surface area contributed by atoms with Crippen LogP contribution in [0.15, 0.2) is 244 Å². The lowest BCUT2D eigenvalue weighted by atomic mass is 10.0. The van der Waals surface area contributed by atoms with Gasteiger partial charge in [0.2, 0.25) is 0 Å². The molecule has 544 valence electrons. The molecule has 13 aromatic rings. The molecule has 106 heavy (non-hydrogen) atoms. The van der Waals surface area contributed by atoms with Gasteiger partial charge in [-0.1, -0.05) is 74.2 Å². The van der Waals surface area contributed by atoms with Crippen molar-refractivity contribution in [1.82, 2.24) is 59.6 Å². The lowest BCUT2D eigenvalue weighted by Crippen LogP contribution is -2.28. The number of rotatable bonds is 15. The van der Waals surface area contributed by atoms with Crippen molar-refractivity contribution in [3.05, 3.63) is 289 Å². The first-order valence-electron chi connectivity index (χ1n) is 29.8. The number of alkyl halides is 3. The fourth-order valence-electron chi connectivity index (χ4n) is 9.51. The highest BCUT2D eigenvalue weighted by Crippen LogP contribution is 2.31. The zero-order valence-electron chi connectivity index (χ0n) is 53.6. The van der Waals surface area contributed by atoms with E-state index in [1.54, 1.807) is 117 Å². The van der Waals surface area contributed by atoms with Crippen molar-refractivity contribution in [2.24, 2.45) is 0 Å². The fraction of sp³-hybridized carbons (Fsp3) is 0.0704. The lowest BCUT2D eigenvalue weighted by molar-refractivity contribution is -0.0500. The number of aromatic hydroxyl groups is 1. The topological polar surface area (TPSA) is 347 Å². The number of fused-ring (bicyclic) bond motifs is 3. The second-order valence-corrected chi connectivity index (χ2v) is 24.3. The Hall–Kier alpha value is -13.3. The molecule has 6 heterocycles. The van der Waals surface area contributed by atoms with Gasteiger partial charge < -0.3 is 30.7 Å². The minimum atomic E-state index is -5.79. The number of hydrogen-bond acceptors (Lipinski definition) is 17. The van der Waals surface area contributed by atoms with Crippen LogP contribution < -0.4 is 20.1 Å². The highest BCUT2D eigenvalue weighted by Gasteiger charge is 2.48. The van der Waals surface area contributed by atoms with Crippen LogP contribution in [-0.2, 0) is 50.3 Å². The number of benzene rings is 7. The third-order valence-electron chi connectivity index (χ3n) is 14.4. The van der Waals surface area contributed by atoms with Crippen molar-refractivity contribution in [3.63, 3.8) is 0 Å². The van der Waals surface area contributed by atoms with Gasteiger partial charge in [0.25, 0.3) is 38.3 Å². The Morgan fingerprint density at radius 1 is 0.491 bits per heavy atom. The molecule has 25 nitrogen and oxygen atoms in total. The van der Waals surface area contributed by atoms with Crippen molar-refractivity contribution in [2.75, 3.05) is 0 Å². The third kappa shape index (κ3) is 21.6. The van der Waals surface area contributed by atoms with E-state index in [2.05, 4.69) is 60.9 Å². The van der Waals surface area contributed by atoms with Crippen LogP contribution in [-0.4, -0.2) is 113 Å². The van der Waals surface area contributed by atoms with Crippen LogP contribution in [0.5, 0.6) is 11.5 Å². The smallest absolute Gasteiger partial charge is 0.508 e. The summed E-state index contributed by atoms with van der Waals surface area (Å²) >= 11 is 0. The summed E-state index contributed by atoms with van der Waals surface area (Å²) < 4.78 is 147. The van der Waals surface area contributed by atoms with E-state index in [0.29, 0.717) is 64.2 Å². The van der Waals surface area contributed by atoms with E-state index in [-0.39, 0.29) is 36.4 Å². The normalized spacial score (nSPS) is 10.5. The molecule has 0 fully saturated rings. The first-order chi connectivity index (χ1) is 49.8. The average Bonchev–Trinajstić information content (AvgIpc) is 1.61. The third-order valence-corrected chi connectivity index (χ3v) is 15.8. The molecule has 0 spiro atoms. The molecule has 7 aromatic carbocycles. The number of nitrogens with one attached hydrogen (secondary N) is 3. The molecule has 0 saturated heterocycles. The van der Waals surface area contributed by atoms with Gasteiger partial charge in [-0.3, -0.25) is 43.0 Å². The number of aromatic nitrogens is 9. The first-order valence-corrected chi connectivity index (χ1v) is 33.4. The minimum absolute atomic E-state index is 0. The molecule has 6 N–H and O–H groups in total. The zero-order chi connectivity index (χ0) is 74.5. The van der Waals surface area contributed by atoms with Crippen LogP contribution in [0.25, 0.3) is 66.1 Å². The number of imidazole rings is 3. The SMILES string of the molecule is C.O.O=C(NCc1cccnc1)c1ccc2c(c1)ncn2-c1cccc(O)c1.O=C(NCc1cccnc1)c1ccc2c(c1)ncn2-c1cccc(OS(=O)(=O)C(F)(F)F)c1.O=S(=O)=C(F)F.O=S(=O)=C(F)F.[C-]#[N+]c1ccc(-c2cccc(-n3cnc4cc(C(=O)NCc5cccnc5)ccc43)c2)cc1. The Morgan fingerprint density at radius 3 is 1.21 bits per heavy atom. The maximum atomic E-state index is 12.6. The fourth-order valence-corrected chi connectivity index (χ4v) is 9.96.